The summed E-state index contributed by atoms with van der Waals surface area (Å²) in [7, 11) is 1.62. The molecule has 0 saturated carbocycles. The molecule has 2 aromatic carbocycles. The third kappa shape index (κ3) is 4.17. The number of methoxy groups -OCH3 is 1. The second-order valence-corrected chi connectivity index (χ2v) is 7.55. The van der Waals surface area contributed by atoms with Gasteiger partial charge in [0, 0.05) is 10.5 Å². The molecule has 0 spiro atoms. The molecule has 1 unspecified atom stereocenters. The topological polar surface area (TPSA) is 60.7 Å². The zero-order valence-corrected chi connectivity index (χ0v) is 16.3. The first-order valence-electron chi connectivity index (χ1n) is 9.09. The Morgan fingerprint density at radius 1 is 1.14 bits per heavy atom. The Balaban J connectivity index is 1.35. The van der Waals surface area contributed by atoms with E-state index in [1.165, 1.54) is 4.90 Å². The third-order valence-electron chi connectivity index (χ3n) is 4.52. The van der Waals surface area contributed by atoms with E-state index < -0.39 is 0 Å². The van der Waals surface area contributed by atoms with Gasteiger partial charge in [0.05, 0.1) is 18.9 Å². The molecule has 5 nitrogen and oxygen atoms in total. The Bertz CT molecular complexity index is 954. The van der Waals surface area contributed by atoms with Crippen molar-refractivity contribution in [2.24, 2.45) is 0 Å². The van der Waals surface area contributed by atoms with Crippen LogP contribution in [0.15, 0.2) is 70.0 Å². The molecule has 2 heterocycles. The lowest BCUT2D eigenvalue weighted by atomic mass is 10.0. The highest BCUT2D eigenvalue weighted by atomic mass is 32.2. The van der Waals surface area contributed by atoms with Crippen LogP contribution in [0.4, 0.5) is 0 Å². The van der Waals surface area contributed by atoms with Crippen LogP contribution in [0.25, 0.3) is 0 Å². The predicted octanol–water partition coefficient (Wildman–Crippen LogP) is 4.31. The van der Waals surface area contributed by atoms with Gasteiger partial charge in [0.1, 0.15) is 12.4 Å². The van der Waals surface area contributed by atoms with Gasteiger partial charge in [0.2, 0.25) is 0 Å². The first kappa shape index (κ1) is 18.5. The van der Waals surface area contributed by atoms with Gasteiger partial charge < -0.3 is 19.2 Å². The van der Waals surface area contributed by atoms with Gasteiger partial charge in [-0.25, -0.2) is 0 Å². The number of ether oxygens (including phenoxy) is 2. The fourth-order valence-electron chi connectivity index (χ4n) is 3.15. The number of benzene rings is 2. The van der Waals surface area contributed by atoms with Crippen molar-refractivity contribution >= 4 is 17.7 Å². The highest BCUT2D eigenvalue weighted by Crippen LogP contribution is 2.34. The maximum absolute atomic E-state index is 12.5. The number of para-hydroxylation sites is 1. The Morgan fingerprint density at radius 3 is 2.82 bits per heavy atom. The molecular formula is C22H21NO4S. The first-order chi connectivity index (χ1) is 13.7. The second-order valence-electron chi connectivity index (χ2n) is 6.50. The molecule has 0 bridgehead atoms. The normalized spacial score (nSPS) is 15.4. The second kappa shape index (κ2) is 8.44. The average molecular weight is 395 g/mol. The van der Waals surface area contributed by atoms with Crippen molar-refractivity contribution in [1.29, 1.82) is 0 Å². The molecule has 0 saturated heterocycles. The van der Waals surface area contributed by atoms with Crippen LogP contribution in [-0.2, 0) is 12.2 Å². The Hall–Kier alpha value is -2.86. The minimum atomic E-state index is -0.226. The van der Waals surface area contributed by atoms with Gasteiger partial charge in [-0.15, -0.1) is 11.8 Å². The molecule has 6 heteroatoms. The standard InChI is InChI=1S/C22H21NO4S/c1-25-19-9-5-6-15-12-16(13-26-21(15)19)23-22(24)20-11-10-17(27-20)14-28-18-7-3-2-4-8-18/h2-11,16H,12-14H2,1H3,(H,23,24). The third-order valence-corrected chi connectivity index (χ3v) is 5.55. The van der Waals surface area contributed by atoms with E-state index in [0.717, 1.165) is 17.1 Å². The van der Waals surface area contributed by atoms with Gasteiger partial charge in [-0.2, -0.15) is 0 Å². The molecule has 0 radical (unpaired) electrons. The molecule has 28 heavy (non-hydrogen) atoms. The molecule has 3 aromatic rings. The molecule has 1 amide bonds. The van der Waals surface area contributed by atoms with Crippen LogP contribution in [0, 0.1) is 0 Å². The quantitative estimate of drug-likeness (QED) is 0.630. The fraction of sp³-hybridized carbons (Fsp3) is 0.227. The zero-order valence-electron chi connectivity index (χ0n) is 15.5. The van der Waals surface area contributed by atoms with Crippen molar-refractivity contribution in [2.45, 2.75) is 23.1 Å². The van der Waals surface area contributed by atoms with E-state index in [1.807, 2.05) is 42.5 Å². The molecule has 1 aromatic heterocycles. The fourth-order valence-corrected chi connectivity index (χ4v) is 3.97. The van der Waals surface area contributed by atoms with Gasteiger partial charge >= 0.3 is 0 Å². The molecule has 0 fully saturated rings. The molecule has 0 aliphatic carbocycles. The number of hydrogen-bond acceptors (Lipinski definition) is 5. The number of amides is 1. The van der Waals surface area contributed by atoms with E-state index in [1.54, 1.807) is 24.9 Å². The number of furan rings is 1. The maximum atomic E-state index is 12.5. The summed E-state index contributed by atoms with van der Waals surface area (Å²) in [4.78, 5) is 13.7. The lowest BCUT2D eigenvalue weighted by Crippen LogP contribution is -2.42. The number of rotatable bonds is 6. The van der Waals surface area contributed by atoms with Crippen LogP contribution in [0.2, 0.25) is 0 Å². The number of fused-ring (bicyclic) bond motifs is 1. The van der Waals surface area contributed by atoms with Crippen molar-refractivity contribution < 1.29 is 18.7 Å². The predicted molar refractivity (Wildman–Crippen MR) is 108 cm³/mol. The summed E-state index contributed by atoms with van der Waals surface area (Å²) in [6.07, 6.45) is 0.690. The number of nitrogens with one attached hydrogen (secondary N) is 1. The summed E-state index contributed by atoms with van der Waals surface area (Å²) in [5.74, 6) is 3.02. The van der Waals surface area contributed by atoms with E-state index in [9.17, 15) is 4.79 Å². The lowest BCUT2D eigenvalue weighted by Gasteiger charge is -2.26. The van der Waals surface area contributed by atoms with Crippen molar-refractivity contribution in [3.63, 3.8) is 0 Å². The highest BCUT2D eigenvalue weighted by molar-refractivity contribution is 7.98. The van der Waals surface area contributed by atoms with Gasteiger partial charge in [-0.05, 0) is 36.8 Å². The van der Waals surface area contributed by atoms with Crippen molar-refractivity contribution in [1.82, 2.24) is 5.32 Å². The minimum absolute atomic E-state index is 0.112. The summed E-state index contributed by atoms with van der Waals surface area (Å²) < 4.78 is 16.9. The molecular weight excluding hydrogens is 374 g/mol. The van der Waals surface area contributed by atoms with E-state index in [0.29, 0.717) is 30.3 Å². The number of hydrogen-bond donors (Lipinski definition) is 1. The Labute approximate surface area is 168 Å². The van der Waals surface area contributed by atoms with E-state index >= 15 is 0 Å². The van der Waals surface area contributed by atoms with Gasteiger partial charge in [0.25, 0.3) is 5.91 Å². The van der Waals surface area contributed by atoms with Crippen molar-refractivity contribution in [3.8, 4) is 11.5 Å². The van der Waals surface area contributed by atoms with E-state index in [4.69, 9.17) is 13.9 Å². The van der Waals surface area contributed by atoms with Crippen LogP contribution in [0.5, 0.6) is 11.5 Å². The van der Waals surface area contributed by atoms with Crippen LogP contribution in [-0.4, -0.2) is 25.7 Å². The monoisotopic (exact) mass is 395 g/mol. The number of carbonyl (C=O) groups is 1. The summed E-state index contributed by atoms with van der Waals surface area (Å²) in [5, 5.41) is 3.00. The maximum Gasteiger partial charge on any atom is 0.287 e. The molecule has 144 valence electrons. The number of carbonyl (C=O) groups excluding carboxylic acids is 1. The summed E-state index contributed by atoms with van der Waals surface area (Å²) in [6.45, 7) is 0.399. The lowest BCUT2D eigenvalue weighted by molar-refractivity contribution is 0.0885. The van der Waals surface area contributed by atoms with Gasteiger partial charge in [-0.3, -0.25) is 4.79 Å². The van der Waals surface area contributed by atoms with Crippen LogP contribution < -0.4 is 14.8 Å². The van der Waals surface area contributed by atoms with Gasteiger partial charge in [-0.1, -0.05) is 30.3 Å². The average Bonchev–Trinajstić information content (AvgIpc) is 3.21. The SMILES string of the molecule is COc1cccc2c1OCC(NC(=O)c1ccc(CSc3ccccc3)o1)C2. The zero-order chi connectivity index (χ0) is 19.3. The molecule has 1 aliphatic heterocycles. The van der Waals surface area contributed by atoms with Gasteiger partial charge in [0.15, 0.2) is 17.3 Å². The van der Waals surface area contributed by atoms with Crippen molar-refractivity contribution in [3.05, 3.63) is 77.7 Å². The van der Waals surface area contributed by atoms with Crippen LogP contribution in [0.1, 0.15) is 21.9 Å². The number of thioether (sulfide) groups is 1. The Morgan fingerprint density at radius 2 is 2.00 bits per heavy atom. The van der Waals surface area contributed by atoms with Crippen molar-refractivity contribution in [2.75, 3.05) is 13.7 Å². The molecule has 1 N–H and O–H groups in total. The molecule has 1 aliphatic rings. The molecule has 4 rings (SSSR count). The summed E-state index contributed by atoms with van der Waals surface area (Å²) in [5.41, 5.74) is 1.02. The van der Waals surface area contributed by atoms with E-state index in [-0.39, 0.29) is 11.9 Å². The largest absolute Gasteiger partial charge is 0.493 e. The smallest absolute Gasteiger partial charge is 0.287 e. The van der Waals surface area contributed by atoms with Crippen LogP contribution >= 0.6 is 11.8 Å². The summed E-state index contributed by atoms with van der Waals surface area (Å²) in [6, 6.07) is 19.3. The first-order valence-corrected chi connectivity index (χ1v) is 10.1. The molecule has 1 atom stereocenters. The Kier molecular flexibility index (Phi) is 5.58. The van der Waals surface area contributed by atoms with Crippen LogP contribution in [0.3, 0.4) is 0 Å². The van der Waals surface area contributed by atoms with E-state index in [2.05, 4.69) is 17.4 Å². The highest BCUT2D eigenvalue weighted by Gasteiger charge is 2.25. The summed E-state index contributed by atoms with van der Waals surface area (Å²) >= 11 is 1.67. The minimum Gasteiger partial charge on any atom is -0.493 e.